The molecule has 0 unspecified atom stereocenters. The molecule has 0 saturated heterocycles. The van der Waals surface area contributed by atoms with Gasteiger partial charge in [0.05, 0.1) is 34.9 Å². The number of nitrogens with two attached hydrogens (primary N) is 1. The highest BCUT2D eigenvalue weighted by molar-refractivity contribution is 7.21. The minimum absolute atomic E-state index is 0.342. The summed E-state index contributed by atoms with van der Waals surface area (Å²) in [4.78, 5) is 24.5. The first-order valence-electron chi connectivity index (χ1n) is 9.83. The van der Waals surface area contributed by atoms with Crippen LogP contribution in [0, 0.1) is 6.92 Å². The minimum atomic E-state index is -0.342. The van der Waals surface area contributed by atoms with Crippen LogP contribution in [0.15, 0.2) is 35.7 Å². The van der Waals surface area contributed by atoms with Gasteiger partial charge in [-0.1, -0.05) is 12.1 Å². The fraction of sp³-hybridized carbons (Fsp3) is 0.227. The molecule has 3 heterocycles. The maximum Gasteiger partial charge on any atom is 0.268 e. The van der Waals surface area contributed by atoms with Gasteiger partial charge < -0.3 is 20.5 Å². The second-order valence-electron chi connectivity index (χ2n) is 6.58. The molecular formula is C22H22N4O3S2. The fourth-order valence-corrected chi connectivity index (χ4v) is 4.93. The Kier molecular flexibility index (Phi) is 6.06. The number of fused-ring (bicyclic) bond motifs is 1. The van der Waals surface area contributed by atoms with Crippen molar-refractivity contribution >= 4 is 50.2 Å². The van der Waals surface area contributed by atoms with Crippen LogP contribution < -0.4 is 20.5 Å². The molecule has 3 aromatic heterocycles. The van der Waals surface area contributed by atoms with Crippen LogP contribution in [0.3, 0.4) is 0 Å². The van der Waals surface area contributed by atoms with Gasteiger partial charge in [0.15, 0.2) is 5.82 Å². The quantitative estimate of drug-likeness (QED) is 0.390. The first-order valence-corrected chi connectivity index (χ1v) is 11.5. The molecule has 0 saturated carbocycles. The van der Waals surface area contributed by atoms with Gasteiger partial charge in [-0.2, -0.15) is 0 Å². The van der Waals surface area contributed by atoms with E-state index in [1.807, 2.05) is 44.4 Å². The fourth-order valence-electron chi connectivity index (χ4n) is 3.24. The van der Waals surface area contributed by atoms with Crippen molar-refractivity contribution in [2.75, 3.05) is 24.3 Å². The number of benzene rings is 1. The first kappa shape index (κ1) is 21.1. The summed E-state index contributed by atoms with van der Waals surface area (Å²) in [6.07, 6.45) is 0. The Labute approximate surface area is 187 Å². The van der Waals surface area contributed by atoms with E-state index in [4.69, 9.17) is 15.2 Å². The third kappa shape index (κ3) is 4.06. The normalized spacial score (nSPS) is 10.9. The van der Waals surface area contributed by atoms with Crippen LogP contribution >= 0.6 is 22.7 Å². The molecule has 4 aromatic rings. The summed E-state index contributed by atoms with van der Waals surface area (Å²) in [6, 6.07) is 9.33. The number of aryl methyl sites for hydroxylation is 1. The third-order valence-electron chi connectivity index (χ3n) is 4.54. The van der Waals surface area contributed by atoms with Gasteiger partial charge in [0, 0.05) is 0 Å². The second-order valence-corrected chi connectivity index (χ2v) is 8.53. The minimum Gasteiger partial charge on any atom is -0.492 e. The van der Waals surface area contributed by atoms with Gasteiger partial charge in [0.25, 0.3) is 5.91 Å². The molecular weight excluding hydrogens is 432 g/mol. The third-order valence-corrected chi connectivity index (χ3v) is 6.51. The second kappa shape index (κ2) is 8.91. The molecule has 0 radical (unpaired) electrons. The van der Waals surface area contributed by atoms with Crippen molar-refractivity contribution in [2.24, 2.45) is 0 Å². The number of aromatic nitrogens is 2. The summed E-state index contributed by atoms with van der Waals surface area (Å²) >= 11 is 2.82. The number of hydrogen-bond acceptors (Lipinski definition) is 8. The maximum absolute atomic E-state index is 13.2. The number of carbonyl (C=O) groups excluding carboxylic acids is 1. The Balaban J connectivity index is 1.74. The number of hydrogen-bond donors (Lipinski definition) is 2. The van der Waals surface area contributed by atoms with Crippen LogP contribution in [0.5, 0.6) is 11.5 Å². The van der Waals surface area contributed by atoms with Crippen LogP contribution in [-0.2, 0) is 0 Å². The van der Waals surface area contributed by atoms with E-state index >= 15 is 0 Å². The van der Waals surface area contributed by atoms with Gasteiger partial charge >= 0.3 is 0 Å². The van der Waals surface area contributed by atoms with Crippen molar-refractivity contribution < 1.29 is 14.3 Å². The number of anilines is 2. The number of nitrogens with zero attached hydrogens (tertiary/aromatic N) is 2. The van der Waals surface area contributed by atoms with Crippen LogP contribution in [0.1, 0.15) is 29.2 Å². The predicted molar refractivity (Wildman–Crippen MR) is 127 cm³/mol. The lowest BCUT2D eigenvalue weighted by atomic mass is 10.2. The molecule has 31 heavy (non-hydrogen) atoms. The molecule has 0 aliphatic carbocycles. The average molecular weight is 455 g/mol. The molecule has 3 N–H and O–H groups in total. The standard InChI is InChI=1S/C22H22N4O3S2/c1-4-28-13-8-6-9-14(29-5-2)18(13)25-21(27)19-17(23)16-12(3)24-20(26-22(16)31-19)15-10-7-11-30-15/h6-11H,4-5,23H2,1-3H3,(H,25,27). The van der Waals surface area contributed by atoms with Gasteiger partial charge in [0.2, 0.25) is 0 Å². The summed E-state index contributed by atoms with van der Waals surface area (Å²) < 4.78 is 11.4. The molecule has 1 aromatic carbocycles. The number of nitrogens with one attached hydrogen (secondary N) is 1. The molecule has 0 atom stereocenters. The van der Waals surface area contributed by atoms with E-state index in [0.29, 0.717) is 57.0 Å². The molecule has 0 bridgehead atoms. The van der Waals surface area contributed by atoms with E-state index in [9.17, 15) is 4.79 Å². The summed E-state index contributed by atoms with van der Waals surface area (Å²) in [5, 5.41) is 5.61. The highest BCUT2D eigenvalue weighted by Crippen LogP contribution is 2.39. The smallest absolute Gasteiger partial charge is 0.268 e. The maximum atomic E-state index is 13.2. The average Bonchev–Trinajstić information content (AvgIpc) is 3.39. The lowest BCUT2D eigenvalue weighted by Gasteiger charge is -2.15. The zero-order valence-electron chi connectivity index (χ0n) is 17.4. The monoisotopic (exact) mass is 454 g/mol. The van der Waals surface area contributed by atoms with Crippen LogP contribution in [0.4, 0.5) is 11.4 Å². The van der Waals surface area contributed by atoms with E-state index < -0.39 is 0 Å². The van der Waals surface area contributed by atoms with Gasteiger partial charge in [-0.25, -0.2) is 9.97 Å². The topological polar surface area (TPSA) is 99.4 Å². The molecule has 4 rings (SSSR count). The van der Waals surface area contributed by atoms with E-state index in [0.717, 1.165) is 10.6 Å². The Hall–Kier alpha value is -3.17. The van der Waals surface area contributed by atoms with E-state index in [1.54, 1.807) is 23.5 Å². The molecule has 0 aliphatic rings. The first-order chi connectivity index (χ1) is 15.0. The van der Waals surface area contributed by atoms with Gasteiger partial charge in [-0.15, -0.1) is 22.7 Å². The largest absolute Gasteiger partial charge is 0.492 e. The number of amides is 1. The van der Waals surface area contributed by atoms with Crippen molar-refractivity contribution in [3.8, 4) is 22.2 Å². The number of rotatable bonds is 7. The number of thiophene rings is 2. The van der Waals surface area contributed by atoms with Crippen LogP contribution in [0.2, 0.25) is 0 Å². The summed E-state index contributed by atoms with van der Waals surface area (Å²) in [5.41, 5.74) is 7.96. The summed E-state index contributed by atoms with van der Waals surface area (Å²) in [6.45, 7) is 6.57. The Bertz CT molecular complexity index is 1210. The summed E-state index contributed by atoms with van der Waals surface area (Å²) in [7, 11) is 0. The number of nitrogen functional groups attached to an aromatic ring is 1. The van der Waals surface area contributed by atoms with Crippen LogP contribution in [0.25, 0.3) is 20.9 Å². The number of carbonyl (C=O) groups is 1. The van der Waals surface area contributed by atoms with Crippen LogP contribution in [-0.4, -0.2) is 29.1 Å². The van der Waals surface area contributed by atoms with Crippen molar-refractivity contribution in [1.82, 2.24) is 9.97 Å². The van der Waals surface area contributed by atoms with Gasteiger partial charge in [-0.3, -0.25) is 4.79 Å². The SMILES string of the molecule is CCOc1cccc(OCC)c1NC(=O)c1sc2nc(-c3cccs3)nc(C)c2c1N. The molecule has 9 heteroatoms. The predicted octanol–water partition coefficient (Wildman–Crippen LogP) is 5.36. The van der Waals surface area contributed by atoms with Crippen molar-refractivity contribution in [2.45, 2.75) is 20.8 Å². The number of para-hydroxylation sites is 1. The lowest BCUT2D eigenvalue weighted by Crippen LogP contribution is -2.14. The molecule has 1 amide bonds. The molecule has 0 aliphatic heterocycles. The van der Waals surface area contributed by atoms with Crippen molar-refractivity contribution in [3.63, 3.8) is 0 Å². The highest BCUT2D eigenvalue weighted by Gasteiger charge is 2.23. The Morgan fingerprint density at radius 3 is 2.42 bits per heavy atom. The van der Waals surface area contributed by atoms with E-state index in [2.05, 4.69) is 15.3 Å². The lowest BCUT2D eigenvalue weighted by molar-refractivity contribution is 0.103. The number of ether oxygens (including phenoxy) is 2. The Morgan fingerprint density at radius 1 is 1.10 bits per heavy atom. The molecule has 160 valence electrons. The van der Waals surface area contributed by atoms with E-state index in [-0.39, 0.29) is 5.91 Å². The Morgan fingerprint density at radius 2 is 1.81 bits per heavy atom. The summed E-state index contributed by atoms with van der Waals surface area (Å²) in [5.74, 6) is 1.37. The van der Waals surface area contributed by atoms with Gasteiger partial charge in [0.1, 0.15) is 26.9 Å². The highest BCUT2D eigenvalue weighted by atomic mass is 32.1. The van der Waals surface area contributed by atoms with Crippen molar-refractivity contribution in [3.05, 3.63) is 46.3 Å². The zero-order chi connectivity index (χ0) is 22.0. The van der Waals surface area contributed by atoms with E-state index in [1.165, 1.54) is 11.3 Å². The molecule has 0 spiro atoms. The zero-order valence-corrected chi connectivity index (χ0v) is 19.0. The molecule has 0 fully saturated rings. The molecule has 7 nitrogen and oxygen atoms in total. The van der Waals surface area contributed by atoms with Crippen molar-refractivity contribution in [1.29, 1.82) is 0 Å². The van der Waals surface area contributed by atoms with Gasteiger partial charge in [-0.05, 0) is 44.4 Å².